The molecule has 0 N–H and O–H groups in total. The van der Waals surface area contributed by atoms with Crippen molar-refractivity contribution >= 4 is 5.97 Å². The topological polar surface area (TPSA) is 29.5 Å². The average Bonchev–Trinajstić information content (AvgIpc) is 2.15. The van der Waals surface area contributed by atoms with Crippen LogP contribution in [0.5, 0.6) is 0 Å². The van der Waals surface area contributed by atoms with Crippen LogP contribution in [0.2, 0.25) is 0 Å². The lowest BCUT2D eigenvalue weighted by molar-refractivity contribution is -0.138. The Morgan fingerprint density at radius 2 is 1.65 bits per heavy atom. The lowest BCUT2D eigenvalue weighted by atomic mass is 10.1. The molecule has 0 fully saturated rings. The first-order chi connectivity index (χ1) is 7.86. The first-order valence-corrected chi connectivity index (χ1v) is 6.46. The summed E-state index contributed by atoms with van der Waals surface area (Å²) in [6.45, 7) is 14.7. The van der Waals surface area contributed by atoms with Crippen molar-refractivity contribution in [2.24, 2.45) is 11.8 Å². The highest BCUT2D eigenvalue weighted by atomic mass is 16.5. The van der Waals surface area contributed by atoms with E-state index < -0.39 is 0 Å². The highest BCUT2D eigenvalue weighted by Gasteiger charge is 2.10. The van der Waals surface area contributed by atoms with Gasteiger partial charge in [-0.2, -0.15) is 0 Å². The molecule has 0 spiro atoms. The molecule has 0 aromatic carbocycles. The van der Waals surface area contributed by atoms with Crippen LogP contribution >= 0.6 is 0 Å². The Kier molecular flexibility index (Phi) is 7.68. The van der Waals surface area contributed by atoms with Crippen LogP contribution in [0.3, 0.4) is 0 Å². The average molecular weight is 241 g/mol. The first-order valence-electron chi connectivity index (χ1n) is 6.46. The van der Waals surface area contributed by atoms with E-state index in [2.05, 4.69) is 32.6 Å². The van der Waals surface area contributed by atoms with E-state index in [0.29, 0.717) is 24.0 Å². The molecular formula is C14H27NO2. The fraction of sp³-hybridized carbons (Fsp3) is 0.786. The van der Waals surface area contributed by atoms with E-state index in [9.17, 15) is 4.79 Å². The molecule has 0 aromatic rings. The van der Waals surface area contributed by atoms with Gasteiger partial charge in [-0.1, -0.05) is 27.7 Å². The van der Waals surface area contributed by atoms with Crippen LogP contribution in [0.1, 0.15) is 41.5 Å². The molecule has 0 bridgehead atoms. The van der Waals surface area contributed by atoms with Crippen molar-refractivity contribution in [1.29, 1.82) is 0 Å². The van der Waals surface area contributed by atoms with Crippen molar-refractivity contribution < 1.29 is 9.53 Å². The predicted molar refractivity (Wildman–Crippen MR) is 71.6 cm³/mol. The van der Waals surface area contributed by atoms with Gasteiger partial charge in [0.2, 0.25) is 0 Å². The van der Waals surface area contributed by atoms with Gasteiger partial charge in [0.1, 0.15) is 0 Å². The molecule has 0 radical (unpaired) electrons. The van der Waals surface area contributed by atoms with Gasteiger partial charge in [0, 0.05) is 24.9 Å². The minimum Gasteiger partial charge on any atom is -0.463 e. The van der Waals surface area contributed by atoms with Gasteiger partial charge >= 0.3 is 5.97 Å². The lowest BCUT2D eigenvalue weighted by Gasteiger charge is -2.25. The molecule has 0 aliphatic rings. The standard InChI is InChI=1S/C14H27NO2/c1-7-17-14(16)13(6)10-15(8-11(2)3)9-12(4)5/h10-12H,7-9H2,1-6H3. The van der Waals surface area contributed by atoms with Gasteiger partial charge in [-0.25, -0.2) is 4.79 Å². The third-order valence-electron chi connectivity index (χ3n) is 2.17. The van der Waals surface area contributed by atoms with E-state index in [4.69, 9.17) is 4.74 Å². The maximum atomic E-state index is 11.5. The van der Waals surface area contributed by atoms with E-state index in [-0.39, 0.29) is 5.97 Å². The number of nitrogens with zero attached hydrogens (tertiary/aromatic N) is 1. The zero-order valence-electron chi connectivity index (χ0n) is 12.1. The highest BCUT2D eigenvalue weighted by molar-refractivity contribution is 5.87. The number of carbonyl (C=O) groups excluding carboxylic acids is 1. The third kappa shape index (κ3) is 7.83. The second-order valence-corrected chi connectivity index (χ2v) is 5.27. The molecular weight excluding hydrogens is 214 g/mol. The van der Waals surface area contributed by atoms with Crippen LogP contribution in [0.15, 0.2) is 11.8 Å². The zero-order chi connectivity index (χ0) is 13.4. The molecule has 0 aromatic heterocycles. The molecule has 0 saturated heterocycles. The number of hydrogen-bond donors (Lipinski definition) is 0. The molecule has 17 heavy (non-hydrogen) atoms. The summed E-state index contributed by atoms with van der Waals surface area (Å²) in [7, 11) is 0. The summed E-state index contributed by atoms with van der Waals surface area (Å²) in [6.07, 6.45) is 1.93. The minimum atomic E-state index is -0.218. The largest absolute Gasteiger partial charge is 0.463 e. The number of ether oxygens (including phenoxy) is 1. The van der Waals surface area contributed by atoms with Crippen molar-refractivity contribution in [2.75, 3.05) is 19.7 Å². The fourth-order valence-electron chi connectivity index (χ4n) is 1.69. The normalized spacial score (nSPS) is 12.1. The molecule has 0 unspecified atom stereocenters. The second-order valence-electron chi connectivity index (χ2n) is 5.27. The third-order valence-corrected chi connectivity index (χ3v) is 2.17. The van der Waals surface area contributed by atoms with Gasteiger partial charge in [0.05, 0.1) is 6.61 Å². The maximum Gasteiger partial charge on any atom is 0.335 e. The minimum absolute atomic E-state index is 0.218. The molecule has 100 valence electrons. The fourth-order valence-corrected chi connectivity index (χ4v) is 1.69. The van der Waals surface area contributed by atoms with E-state index in [1.54, 1.807) is 0 Å². The summed E-state index contributed by atoms with van der Waals surface area (Å²) < 4.78 is 4.98. The molecule has 0 atom stereocenters. The summed E-state index contributed by atoms with van der Waals surface area (Å²) >= 11 is 0. The Bertz CT molecular complexity index is 247. The van der Waals surface area contributed by atoms with Crippen molar-refractivity contribution in [3.8, 4) is 0 Å². The van der Waals surface area contributed by atoms with E-state index >= 15 is 0 Å². The van der Waals surface area contributed by atoms with Crippen LogP contribution in [0.4, 0.5) is 0 Å². The number of rotatable bonds is 7. The molecule has 0 heterocycles. The van der Waals surface area contributed by atoms with Gasteiger partial charge in [-0.3, -0.25) is 0 Å². The summed E-state index contributed by atoms with van der Waals surface area (Å²) in [5.41, 5.74) is 0.674. The molecule has 0 amide bonds. The van der Waals surface area contributed by atoms with E-state index in [1.165, 1.54) is 0 Å². The predicted octanol–water partition coefficient (Wildman–Crippen LogP) is 3.07. The number of esters is 1. The quantitative estimate of drug-likeness (QED) is 0.507. The molecule has 0 aliphatic heterocycles. The molecule has 0 saturated carbocycles. The summed E-state index contributed by atoms with van der Waals surface area (Å²) in [4.78, 5) is 13.7. The van der Waals surface area contributed by atoms with Crippen LogP contribution in [-0.4, -0.2) is 30.6 Å². The Morgan fingerprint density at radius 3 is 2.00 bits per heavy atom. The second kappa shape index (κ2) is 8.15. The van der Waals surface area contributed by atoms with Crippen LogP contribution < -0.4 is 0 Å². The Morgan fingerprint density at radius 1 is 1.18 bits per heavy atom. The Balaban J connectivity index is 4.57. The summed E-state index contributed by atoms with van der Waals surface area (Å²) in [6, 6.07) is 0. The monoisotopic (exact) mass is 241 g/mol. The molecule has 0 aliphatic carbocycles. The Hall–Kier alpha value is -0.990. The van der Waals surface area contributed by atoms with E-state index in [1.807, 2.05) is 20.0 Å². The highest BCUT2D eigenvalue weighted by Crippen LogP contribution is 2.07. The molecule has 3 heteroatoms. The number of carbonyl (C=O) groups is 1. The Labute approximate surface area is 106 Å². The van der Waals surface area contributed by atoms with Crippen molar-refractivity contribution in [3.05, 3.63) is 11.8 Å². The van der Waals surface area contributed by atoms with Gasteiger partial charge in [0.15, 0.2) is 0 Å². The smallest absolute Gasteiger partial charge is 0.335 e. The first kappa shape index (κ1) is 16.0. The van der Waals surface area contributed by atoms with Crippen LogP contribution in [-0.2, 0) is 9.53 Å². The van der Waals surface area contributed by atoms with Crippen molar-refractivity contribution in [1.82, 2.24) is 4.90 Å². The zero-order valence-corrected chi connectivity index (χ0v) is 12.1. The van der Waals surface area contributed by atoms with Gasteiger partial charge in [0.25, 0.3) is 0 Å². The van der Waals surface area contributed by atoms with Crippen molar-refractivity contribution in [3.63, 3.8) is 0 Å². The van der Waals surface area contributed by atoms with Gasteiger partial charge in [-0.15, -0.1) is 0 Å². The van der Waals surface area contributed by atoms with Crippen LogP contribution in [0, 0.1) is 11.8 Å². The van der Waals surface area contributed by atoms with Gasteiger partial charge < -0.3 is 9.64 Å². The van der Waals surface area contributed by atoms with E-state index in [0.717, 1.165) is 13.1 Å². The number of hydrogen-bond acceptors (Lipinski definition) is 3. The van der Waals surface area contributed by atoms with Gasteiger partial charge in [-0.05, 0) is 25.7 Å². The SMILES string of the molecule is CCOC(=O)C(C)=CN(CC(C)C)CC(C)C. The maximum absolute atomic E-state index is 11.5. The lowest BCUT2D eigenvalue weighted by Crippen LogP contribution is -2.27. The summed E-state index contributed by atoms with van der Waals surface area (Å²) in [5.74, 6) is 0.949. The van der Waals surface area contributed by atoms with Crippen LogP contribution in [0.25, 0.3) is 0 Å². The molecule has 3 nitrogen and oxygen atoms in total. The molecule has 0 rings (SSSR count). The summed E-state index contributed by atoms with van der Waals surface area (Å²) in [5, 5.41) is 0. The van der Waals surface area contributed by atoms with Crippen molar-refractivity contribution in [2.45, 2.75) is 41.5 Å².